The van der Waals surface area contributed by atoms with Crippen molar-refractivity contribution in [3.05, 3.63) is 28.5 Å². The van der Waals surface area contributed by atoms with Gasteiger partial charge in [0, 0.05) is 11.0 Å². The number of nitrogens with one attached hydrogen (secondary N) is 1. The Labute approximate surface area is 119 Å². The van der Waals surface area contributed by atoms with Gasteiger partial charge in [-0.05, 0) is 34.5 Å². The molecule has 2 rings (SSSR count). The van der Waals surface area contributed by atoms with E-state index in [2.05, 4.69) is 21.2 Å². The molecule has 1 aliphatic heterocycles. The monoisotopic (exact) mass is 328 g/mol. The lowest BCUT2D eigenvalue weighted by Crippen LogP contribution is -2.35. The number of para-hydroxylation sites is 1. The Morgan fingerprint density at radius 1 is 1.47 bits per heavy atom. The molecule has 1 heterocycles. The smallest absolute Gasteiger partial charge is 0.252 e. The van der Waals surface area contributed by atoms with Crippen LogP contribution in [0.3, 0.4) is 0 Å². The summed E-state index contributed by atoms with van der Waals surface area (Å²) in [6.07, 6.45) is 0.785. The van der Waals surface area contributed by atoms with Gasteiger partial charge >= 0.3 is 0 Å². The quantitative estimate of drug-likeness (QED) is 0.864. The lowest BCUT2D eigenvalue weighted by atomic mass is 10.2. The molecule has 1 aliphatic rings. The Balaban J connectivity index is 2.17. The molecule has 1 aromatic rings. The summed E-state index contributed by atoms with van der Waals surface area (Å²) in [7, 11) is 0. The van der Waals surface area contributed by atoms with Gasteiger partial charge in [-0.2, -0.15) is 0 Å². The van der Waals surface area contributed by atoms with Crippen LogP contribution in [-0.2, 0) is 9.59 Å². The molecule has 0 bridgehead atoms. The number of imide groups is 1. The number of amides is 2. The number of likely N-dealkylation sites (tertiary alicyclic amines) is 1. The van der Waals surface area contributed by atoms with E-state index in [4.69, 9.17) is 0 Å². The Morgan fingerprint density at radius 2 is 2.21 bits per heavy atom. The minimum atomic E-state index is -0.688. The maximum Gasteiger partial charge on any atom is 0.252 e. The number of hydrogen-bond donors (Lipinski definition) is 1. The van der Waals surface area contributed by atoms with Gasteiger partial charge in [0.15, 0.2) is 0 Å². The van der Waals surface area contributed by atoms with Gasteiger partial charge in [0.05, 0.1) is 12.1 Å². The fraction of sp³-hybridized carbons (Fsp3) is 0.385. The molecule has 0 aliphatic carbocycles. The second-order valence-corrected chi connectivity index (χ2v) is 5.24. The lowest BCUT2D eigenvalue weighted by Gasteiger charge is -2.16. The maximum absolute atomic E-state index is 13.7. The van der Waals surface area contributed by atoms with Crippen LogP contribution in [-0.4, -0.2) is 29.3 Å². The predicted molar refractivity (Wildman–Crippen MR) is 73.1 cm³/mol. The number of carbonyl (C=O) groups is 2. The number of benzene rings is 1. The highest BCUT2D eigenvalue weighted by Gasteiger charge is 2.38. The summed E-state index contributed by atoms with van der Waals surface area (Å²) < 4.78 is 14.2. The average Bonchev–Trinajstić information content (AvgIpc) is 2.62. The highest BCUT2D eigenvalue weighted by atomic mass is 79.9. The molecule has 1 unspecified atom stereocenters. The number of rotatable bonds is 4. The van der Waals surface area contributed by atoms with Crippen LogP contribution in [0.4, 0.5) is 10.1 Å². The number of hydrogen-bond acceptors (Lipinski definition) is 3. The molecule has 0 aromatic heterocycles. The minimum absolute atomic E-state index is 0.0691. The van der Waals surface area contributed by atoms with Gasteiger partial charge in [0.25, 0.3) is 5.91 Å². The van der Waals surface area contributed by atoms with Gasteiger partial charge in [0.2, 0.25) is 5.91 Å². The van der Waals surface area contributed by atoms with Crippen LogP contribution in [0.5, 0.6) is 0 Å². The zero-order valence-electron chi connectivity index (χ0n) is 10.5. The third-order valence-electron chi connectivity index (χ3n) is 2.97. The SMILES string of the molecule is CCCN1C(=O)CC(Nc2c(F)cccc2Br)C1=O. The third kappa shape index (κ3) is 2.78. The molecule has 6 heteroatoms. The van der Waals surface area contributed by atoms with Crippen molar-refractivity contribution in [2.24, 2.45) is 0 Å². The van der Waals surface area contributed by atoms with Crippen molar-refractivity contribution in [2.75, 3.05) is 11.9 Å². The standard InChI is InChI=1S/C13H14BrFN2O2/c1-2-6-17-11(18)7-10(13(17)19)16-12-8(14)4-3-5-9(12)15/h3-5,10,16H,2,6-7H2,1H3. The van der Waals surface area contributed by atoms with Gasteiger partial charge < -0.3 is 5.32 Å². The van der Waals surface area contributed by atoms with Crippen molar-refractivity contribution in [2.45, 2.75) is 25.8 Å². The van der Waals surface area contributed by atoms with Crippen molar-refractivity contribution in [1.82, 2.24) is 4.90 Å². The number of anilines is 1. The third-order valence-corrected chi connectivity index (χ3v) is 3.63. The Hall–Kier alpha value is -1.43. The molecule has 19 heavy (non-hydrogen) atoms. The molecule has 1 N–H and O–H groups in total. The van der Waals surface area contributed by atoms with Gasteiger partial charge in [-0.1, -0.05) is 13.0 Å². The van der Waals surface area contributed by atoms with Gasteiger partial charge in [0.1, 0.15) is 11.9 Å². The van der Waals surface area contributed by atoms with E-state index in [1.165, 1.54) is 11.0 Å². The molecular weight excluding hydrogens is 315 g/mol. The lowest BCUT2D eigenvalue weighted by molar-refractivity contribution is -0.138. The molecule has 1 saturated heterocycles. The second-order valence-electron chi connectivity index (χ2n) is 4.38. The number of carbonyl (C=O) groups excluding carboxylic acids is 2. The van der Waals surface area contributed by atoms with Crippen LogP contribution in [0.15, 0.2) is 22.7 Å². The summed E-state index contributed by atoms with van der Waals surface area (Å²) in [5.41, 5.74) is 0.215. The molecular formula is C13H14BrFN2O2. The highest BCUT2D eigenvalue weighted by Crippen LogP contribution is 2.28. The molecule has 102 valence electrons. The predicted octanol–water partition coefficient (Wildman–Crippen LogP) is 2.54. The zero-order chi connectivity index (χ0) is 14.0. The van der Waals surface area contributed by atoms with E-state index in [-0.39, 0.29) is 23.9 Å². The second kappa shape index (κ2) is 5.69. The van der Waals surface area contributed by atoms with Gasteiger partial charge in [-0.15, -0.1) is 0 Å². The Kier molecular flexibility index (Phi) is 4.19. The first-order valence-corrected chi connectivity index (χ1v) is 6.88. The Morgan fingerprint density at radius 3 is 2.84 bits per heavy atom. The van der Waals surface area contributed by atoms with E-state index in [0.717, 1.165) is 0 Å². The number of nitrogens with zero attached hydrogens (tertiary/aromatic N) is 1. The van der Waals surface area contributed by atoms with Crippen molar-refractivity contribution in [1.29, 1.82) is 0 Å². The van der Waals surface area contributed by atoms with E-state index in [1.807, 2.05) is 6.92 Å². The summed E-state index contributed by atoms with van der Waals surface area (Å²) in [5.74, 6) is -0.956. The normalized spacial score (nSPS) is 19.1. The van der Waals surface area contributed by atoms with E-state index in [9.17, 15) is 14.0 Å². The first-order valence-electron chi connectivity index (χ1n) is 6.09. The topological polar surface area (TPSA) is 49.4 Å². The highest BCUT2D eigenvalue weighted by molar-refractivity contribution is 9.10. The minimum Gasteiger partial charge on any atom is -0.370 e. The van der Waals surface area contributed by atoms with Crippen LogP contribution in [0, 0.1) is 5.82 Å². The molecule has 1 atom stereocenters. The Bertz CT molecular complexity index is 501. The summed E-state index contributed by atoms with van der Waals surface area (Å²) in [6.45, 7) is 2.31. The van der Waals surface area contributed by atoms with Crippen LogP contribution in [0.25, 0.3) is 0 Å². The van der Waals surface area contributed by atoms with Crippen LogP contribution in [0.2, 0.25) is 0 Å². The first kappa shape index (κ1) is 14.0. The summed E-state index contributed by atoms with van der Waals surface area (Å²) in [5, 5.41) is 2.81. The molecule has 2 amide bonds. The van der Waals surface area contributed by atoms with Crippen LogP contribution < -0.4 is 5.32 Å². The largest absolute Gasteiger partial charge is 0.370 e. The summed E-state index contributed by atoms with van der Waals surface area (Å²) in [4.78, 5) is 25.0. The van der Waals surface area contributed by atoms with E-state index < -0.39 is 11.9 Å². The average molecular weight is 329 g/mol. The van der Waals surface area contributed by atoms with Crippen molar-refractivity contribution in [3.63, 3.8) is 0 Å². The molecule has 1 aromatic carbocycles. The molecule has 0 radical (unpaired) electrons. The van der Waals surface area contributed by atoms with E-state index in [1.54, 1.807) is 12.1 Å². The molecule has 4 nitrogen and oxygen atoms in total. The number of halogens is 2. The van der Waals surface area contributed by atoms with Crippen LogP contribution >= 0.6 is 15.9 Å². The van der Waals surface area contributed by atoms with Crippen LogP contribution in [0.1, 0.15) is 19.8 Å². The maximum atomic E-state index is 13.7. The van der Waals surface area contributed by atoms with Crippen molar-refractivity contribution >= 4 is 33.4 Å². The van der Waals surface area contributed by atoms with Crippen molar-refractivity contribution < 1.29 is 14.0 Å². The summed E-state index contributed by atoms with van der Waals surface area (Å²) in [6, 6.07) is 3.86. The van der Waals surface area contributed by atoms with E-state index >= 15 is 0 Å². The summed E-state index contributed by atoms with van der Waals surface area (Å²) >= 11 is 3.22. The van der Waals surface area contributed by atoms with Crippen molar-refractivity contribution in [3.8, 4) is 0 Å². The van der Waals surface area contributed by atoms with E-state index in [0.29, 0.717) is 17.4 Å². The van der Waals surface area contributed by atoms with Gasteiger partial charge in [-0.25, -0.2) is 4.39 Å². The fourth-order valence-corrected chi connectivity index (χ4v) is 2.52. The molecule has 1 fully saturated rings. The first-order chi connectivity index (χ1) is 9.04. The fourth-order valence-electron chi connectivity index (χ4n) is 2.06. The van der Waals surface area contributed by atoms with Gasteiger partial charge in [-0.3, -0.25) is 14.5 Å². The molecule has 0 saturated carbocycles. The zero-order valence-corrected chi connectivity index (χ0v) is 12.0. The molecule has 0 spiro atoms.